The van der Waals surface area contributed by atoms with E-state index in [9.17, 15) is 8.68 Å². The van der Waals surface area contributed by atoms with E-state index < -0.39 is 5.97 Å². The van der Waals surface area contributed by atoms with Crippen molar-refractivity contribution in [1.29, 1.82) is 0 Å². The molecule has 8 heteroatoms. The van der Waals surface area contributed by atoms with Crippen LogP contribution >= 0.6 is 12.3 Å². The Morgan fingerprint density at radius 2 is 2.00 bits per heavy atom. The van der Waals surface area contributed by atoms with Gasteiger partial charge in [0, 0.05) is 52.1 Å². The number of rotatable bonds is 4. The molecule has 28 heavy (non-hydrogen) atoms. The average Bonchev–Trinajstić information content (AvgIpc) is 3.28. The van der Waals surface area contributed by atoms with Crippen molar-refractivity contribution in [3.8, 4) is 22.3 Å². The Bertz CT molecular complexity index is 1200. The second-order valence-electron chi connectivity index (χ2n) is 6.40. The third-order valence-corrected chi connectivity index (χ3v) is 5.26. The van der Waals surface area contributed by atoms with Gasteiger partial charge in [0.15, 0.2) is 18.0 Å². The number of aryl methyl sites for hydroxylation is 1. The van der Waals surface area contributed by atoms with Gasteiger partial charge in [-0.05, 0) is 43.7 Å². The van der Waals surface area contributed by atoms with Crippen LogP contribution in [0.1, 0.15) is 21.9 Å². The summed E-state index contributed by atoms with van der Waals surface area (Å²) >= 11 is 0.104. The lowest BCUT2D eigenvalue weighted by Gasteiger charge is -2.04. The maximum Gasteiger partial charge on any atom is 0.354 e. The smallest absolute Gasteiger partial charge is 0.354 e. The highest BCUT2D eigenvalue weighted by Gasteiger charge is 2.20. The summed E-state index contributed by atoms with van der Waals surface area (Å²) in [5.74, 6) is -0.460. The summed E-state index contributed by atoms with van der Waals surface area (Å²) in [7, 11) is 1.33. The summed E-state index contributed by atoms with van der Waals surface area (Å²) in [6.45, 7) is 3.75. The normalized spacial score (nSPS) is 11.1. The number of nitrogens with one attached hydrogen (secondary N) is 1. The van der Waals surface area contributed by atoms with Crippen LogP contribution in [0, 0.1) is 13.8 Å². The molecule has 0 spiro atoms. The number of aromatic nitrogens is 4. The number of halogens is 1. The quantitative estimate of drug-likeness (QED) is 0.498. The zero-order valence-electron chi connectivity index (χ0n) is 15.5. The zero-order chi connectivity index (χ0) is 19.8. The van der Waals surface area contributed by atoms with Gasteiger partial charge in [-0.25, -0.2) is 13.8 Å². The molecule has 0 aromatic carbocycles. The molecule has 0 radical (unpaired) electrons. The second-order valence-corrected chi connectivity index (χ2v) is 6.90. The van der Waals surface area contributed by atoms with E-state index in [-0.39, 0.29) is 12.3 Å². The number of nitrogens with zero attached hydrogens (tertiary/aromatic N) is 3. The van der Waals surface area contributed by atoms with E-state index in [1.165, 1.54) is 11.1 Å². The number of aromatic amines is 1. The Kier molecular flexibility index (Phi) is 4.64. The molecule has 0 aliphatic rings. The van der Waals surface area contributed by atoms with Crippen molar-refractivity contribution >= 4 is 29.3 Å². The third-order valence-electron chi connectivity index (χ3n) is 4.67. The fourth-order valence-corrected chi connectivity index (χ4v) is 3.76. The lowest BCUT2D eigenvalue weighted by Crippen LogP contribution is -2.00. The lowest BCUT2D eigenvalue weighted by atomic mass is 10.0. The van der Waals surface area contributed by atoms with Gasteiger partial charge in [0.25, 0.3) is 0 Å². The molecule has 4 heterocycles. The number of hydrogen-bond acceptors (Lipinski definition) is 5. The van der Waals surface area contributed by atoms with E-state index in [0.717, 1.165) is 33.3 Å². The molecule has 142 valence electrons. The van der Waals surface area contributed by atoms with Gasteiger partial charge in [-0.15, -0.1) is 3.89 Å². The summed E-state index contributed by atoms with van der Waals surface area (Å²) in [6, 6.07) is 7.57. The number of carbonyl (C=O) groups is 1. The fourth-order valence-electron chi connectivity index (χ4n) is 3.36. The first-order chi connectivity index (χ1) is 13.5. The molecule has 6 nitrogen and oxygen atoms in total. The largest absolute Gasteiger partial charge is 0.464 e. The summed E-state index contributed by atoms with van der Waals surface area (Å²) in [5, 5.41) is 0.796. The van der Waals surface area contributed by atoms with Gasteiger partial charge in [-0.3, -0.25) is 4.98 Å². The van der Waals surface area contributed by atoms with Crippen molar-refractivity contribution in [3.05, 3.63) is 59.9 Å². The molecule has 0 amide bonds. The highest BCUT2D eigenvalue weighted by molar-refractivity contribution is 7.93. The van der Waals surface area contributed by atoms with Crippen LogP contribution in [0.2, 0.25) is 0 Å². The first kappa shape index (κ1) is 18.2. The molecule has 0 unspecified atom stereocenters. The maximum atomic E-state index is 13.7. The average molecular weight is 396 g/mol. The molecule has 0 bridgehead atoms. The van der Waals surface area contributed by atoms with E-state index in [1.54, 1.807) is 24.7 Å². The van der Waals surface area contributed by atoms with Crippen LogP contribution in [0.25, 0.3) is 33.3 Å². The maximum absolute atomic E-state index is 13.7. The minimum absolute atomic E-state index is 0.104. The third kappa shape index (κ3) is 2.95. The van der Waals surface area contributed by atoms with Gasteiger partial charge in [0.1, 0.15) is 5.69 Å². The van der Waals surface area contributed by atoms with Gasteiger partial charge in [-0.2, -0.15) is 0 Å². The number of pyridine rings is 2. The number of fused-ring (bicyclic) bond motifs is 1. The van der Waals surface area contributed by atoms with Crippen molar-refractivity contribution < 1.29 is 13.4 Å². The van der Waals surface area contributed by atoms with Gasteiger partial charge >= 0.3 is 5.97 Å². The van der Waals surface area contributed by atoms with Gasteiger partial charge in [0.05, 0.1) is 7.11 Å². The van der Waals surface area contributed by atoms with Crippen LogP contribution in [-0.4, -0.2) is 32.0 Å². The molecule has 1 N–H and O–H groups in total. The summed E-state index contributed by atoms with van der Waals surface area (Å²) in [5.41, 5.74) is 5.93. The minimum Gasteiger partial charge on any atom is -0.464 e. The van der Waals surface area contributed by atoms with Crippen molar-refractivity contribution in [2.75, 3.05) is 7.11 Å². The van der Waals surface area contributed by atoms with Gasteiger partial charge in [0.2, 0.25) is 0 Å². The molecule has 0 aliphatic carbocycles. The van der Waals surface area contributed by atoms with Crippen LogP contribution in [0.4, 0.5) is 3.89 Å². The summed E-state index contributed by atoms with van der Waals surface area (Å²) < 4.78 is 19.9. The standard InChI is InChI=1S/C20H17FN4O2S/c1-11-6-13(4-5-22-11)14-7-16-18(12(2)25(28-21)19(16)24-9-14)15-8-17(23-10-15)20(26)27-3/h4-10,23H,1-3H3. The number of ether oxygens (including phenoxy) is 1. The van der Waals surface area contributed by atoms with Gasteiger partial charge < -0.3 is 9.72 Å². The monoisotopic (exact) mass is 396 g/mol. The minimum atomic E-state index is -0.460. The highest BCUT2D eigenvalue weighted by Crippen LogP contribution is 2.38. The van der Waals surface area contributed by atoms with E-state index in [4.69, 9.17) is 4.74 Å². The van der Waals surface area contributed by atoms with E-state index in [2.05, 4.69) is 15.0 Å². The van der Waals surface area contributed by atoms with Crippen LogP contribution in [-0.2, 0) is 4.74 Å². The number of H-pyrrole nitrogens is 1. The molecular weight excluding hydrogens is 379 g/mol. The van der Waals surface area contributed by atoms with E-state index in [0.29, 0.717) is 17.0 Å². The van der Waals surface area contributed by atoms with Crippen molar-refractivity contribution in [2.24, 2.45) is 0 Å². The molecule has 4 aromatic rings. The van der Waals surface area contributed by atoms with Gasteiger partial charge in [-0.1, -0.05) is 0 Å². The molecule has 0 aliphatic heterocycles. The number of carbonyl (C=O) groups excluding carboxylic acids is 1. The first-order valence-electron chi connectivity index (χ1n) is 8.53. The molecule has 4 rings (SSSR count). The molecule has 0 saturated carbocycles. The molecule has 0 fully saturated rings. The van der Waals surface area contributed by atoms with Crippen LogP contribution < -0.4 is 0 Å². The molecule has 4 aromatic heterocycles. The predicted molar refractivity (Wildman–Crippen MR) is 108 cm³/mol. The molecule has 0 atom stereocenters. The Morgan fingerprint density at radius 3 is 2.71 bits per heavy atom. The number of methoxy groups -OCH3 is 1. The summed E-state index contributed by atoms with van der Waals surface area (Å²) in [4.78, 5) is 23.4. The van der Waals surface area contributed by atoms with E-state index >= 15 is 0 Å². The topological polar surface area (TPSA) is 72.8 Å². The fraction of sp³-hybridized carbons (Fsp3) is 0.150. The Balaban J connectivity index is 1.94. The second kappa shape index (κ2) is 7.12. The predicted octanol–water partition coefficient (Wildman–Crippen LogP) is 4.88. The van der Waals surface area contributed by atoms with Crippen molar-refractivity contribution in [1.82, 2.24) is 18.9 Å². The SMILES string of the molecule is COC(=O)c1cc(-c2c(C)n(SF)c3ncc(-c4ccnc(C)c4)cc23)c[nH]1. The lowest BCUT2D eigenvalue weighted by molar-refractivity contribution is 0.0595. The van der Waals surface area contributed by atoms with E-state index in [1.807, 2.05) is 32.0 Å². The van der Waals surface area contributed by atoms with Crippen LogP contribution in [0.5, 0.6) is 0 Å². The number of esters is 1. The van der Waals surface area contributed by atoms with Crippen molar-refractivity contribution in [2.45, 2.75) is 13.8 Å². The van der Waals surface area contributed by atoms with Crippen molar-refractivity contribution in [3.63, 3.8) is 0 Å². The Labute approximate surface area is 165 Å². The molecule has 0 saturated heterocycles. The summed E-state index contributed by atoms with van der Waals surface area (Å²) in [6.07, 6.45) is 5.19. The van der Waals surface area contributed by atoms with Crippen LogP contribution in [0.3, 0.4) is 0 Å². The zero-order valence-corrected chi connectivity index (χ0v) is 16.3. The van der Waals surface area contributed by atoms with Crippen LogP contribution in [0.15, 0.2) is 42.9 Å². The highest BCUT2D eigenvalue weighted by atomic mass is 32.2. The Hall–Kier alpha value is -3.13. The number of hydrogen-bond donors (Lipinski definition) is 1. The Morgan fingerprint density at radius 1 is 1.18 bits per heavy atom. The molecular formula is C20H17FN4O2S. The first-order valence-corrected chi connectivity index (χ1v) is 9.21.